The van der Waals surface area contributed by atoms with Crippen LogP contribution >= 0.6 is 23.2 Å². The van der Waals surface area contributed by atoms with Gasteiger partial charge in [0.25, 0.3) is 0 Å². The van der Waals surface area contributed by atoms with Crippen molar-refractivity contribution in [1.29, 1.82) is 0 Å². The summed E-state index contributed by atoms with van der Waals surface area (Å²) >= 11 is 11.7. The van der Waals surface area contributed by atoms with Gasteiger partial charge in [-0.1, -0.05) is 29.8 Å². The Morgan fingerprint density at radius 3 is 2.18 bits per heavy atom. The second kappa shape index (κ2) is 9.70. The van der Waals surface area contributed by atoms with Crippen LogP contribution in [0.2, 0.25) is 10.0 Å². The van der Waals surface area contributed by atoms with E-state index in [1.807, 2.05) is 0 Å². The number of hydrogen-bond acceptors (Lipinski definition) is 7. The minimum atomic E-state index is -0.796. The number of hydrogen-bond donors (Lipinski definition) is 0. The molecule has 1 saturated heterocycles. The highest BCUT2D eigenvalue weighted by molar-refractivity contribution is 6.31. The number of benzene rings is 2. The van der Waals surface area contributed by atoms with Crippen LogP contribution in [0.4, 0.5) is 0 Å². The number of rotatable bonds is 5. The van der Waals surface area contributed by atoms with Gasteiger partial charge in [-0.15, -0.1) is 0 Å². The van der Waals surface area contributed by atoms with Gasteiger partial charge in [0.2, 0.25) is 5.88 Å². The van der Waals surface area contributed by atoms with Crippen LogP contribution in [0.15, 0.2) is 71.9 Å². The monoisotopic (exact) mass is 500 g/mol. The first kappa shape index (κ1) is 23.5. The molecule has 0 unspecified atom stereocenters. The van der Waals surface area contributed by atoms with Crippen LogP contribution in [0.1, 0.15) is 38.9 Å². The number of aryl methyl sites for hydroxylation is 1. The van der Waals surface area contributed by atoms with Gasteiger partial charge in [0, 0.05) is 28.2 Å². The average molecular weight is 501 g/mol. The fourth-order valence-corrected chi connectivity index (χ4v) is 3.53. The quantitative estimate of drug-likeness (QED) is 0.466. The second-order valence-electron chi connectivity index (χ2n) is 7.49. The first-order chi connectivity index (χ1) is 16.2. The predicted octanol–water partition coefficient (Wildman–Crippen LogP) is 4.74. The molecule has 0 bridgehead atoms. The number of carbonyl (C=O) groups is 2. The van der Waals surface area contributed by atoms with Crippen LogP contribution < -0.4 is 10.4 Å². The number of aromatic nitrogens is 2. The van der Waals surface area contributed by atoms with Crippen molar-refractivity contribution in [2.45, 2.75) is 25.7 Å². The zero-order chi connectivity index (χ0) is 24.4. The fraction of sp³-hybridized carbons (Fsp3) is 0.167. The van der Waals surface area contributed by atoms with Crippen LogP contribution in [0.3, 0.4) is 0 Å². The molecule has 2 heterocycles. The summed E-state index contributed by atoms with van der Waals surface area (Å²) in [5, 5.41) is 0.971. The van der Waals surface area contributed by atoms with Crippen LogP contribution in [-0.4, -0.2) is 27.6 Å². The van der Waals surface area contributed by atoms with E-state index in [2.05, 4.69) is 11.6 Å². The Bertz CT molecular complexity index is 1320. The van der Waals surface area contributed by atoms with Gasteiger partial charge >= 0.3 is 17.6 Å². The predicted molar refractivity (Wildman–Crippen MR) is 124 cm³/mol. The first-order valence-electron chi connectivity index (χ1n) is 10.1. The van der Waals surface area contributed by atoms with E-state index in [4.69, 9.17) is 37.4 Å². The minimum absolute atomic E-state index is 0.122. The standard InChI is InChI=1S/C24H18Cl2N2O6/c1-13-12-28(24(31)27-21(13)34-23(30)16-5-9-18(26)10-6-16)20-11-19(14(2)32-20)33-22(29)15-3-7-17(25)8-4-15/h3-10,12,19-20H,2,11H2,1H3/t19-,20-/m0/s1. The molecule has 3 aromatic rings. The number of nitrogens with zero attached hydrogens (tertiary/aromatic N) is 2. The van der Waals surface area contributed by atoms with Gasteiger partial charge in [-0.05, 0) is 55.5 Å². The molecule has 0 N–H and O–H groups in total. The smallest absolute Gasteiger partial charge is 0.353 e. The molecule has 0 aliphatic carbocycles. The van der Waals surface area contributed by atoms with Gasteiger partial charge in [-0.2, -0.15) is 4.98 Å². The highest BCUT2D eigenvalue weighted by Gasteiger charge is 2.35. The lowest BCUT2D eigenvalue weighted by molar-refractivity contribution is 0.0368. The molecule has 174 valence electrons. The topological polar surface area (TPSA) is 96.7 Å². The van der Waals surface area contributed by atoms with Crippen LogP contribution in [0, 0.1) is 6.92 Å². The van der Waals surface area contributed by atoms with Crippen molar-refractivity contribution >= 4 is 35.1 Å². The summed E-state index contributed by atoms with van der Waals surface area (Å²) in [6, 6.07) is 12.4. The molecule has 0 spiro atoms. The number of esters is 2. The third-order valence-corrected chi connectivity index (χ3v) is 5.56. The maximum absolute atomic E-state index is 12.6. The Morgan fingerprint density at radius 1 is 1.03 bits per heavy atom. The molecule has 1 aromatic heterocycles. The molecule has 34 heavy (non-hydrogen) atoms. The van der Waals surface area contributed by atoms with Gasteiger partial charge in [0.1, 0.15) is 5.76 Å². The summed E-state index contributed by atoms with van der Waals surface area (Å²) in [6.07, 6.45) is 0.0579. The summed E-state index contributed by atoms with van der Waals surface area (Å²) < 4.78 is 17.7. The molecule has 1 aliphatic heterocycles. The molecule has 2 atom stereocenters. The van der Waals surface area contributed by atoms with E-state index in [9.17, 15) is 14.4 Å². The Morgan fingerprint density at radius 2 is 1.59 bits per heavy atom. The van der Waals surface area contributed by atoms with Crippen LogP contribution in [0.25, 0.3) is 0 Å². The summed E-state index contributed by atoms with van der Waals surface area (Å²) in [7, 11) is 0. The molecule has 0 radical (unpaired) electrons. The molecule has 10 heteroatoms. The maximum atomic E-state index is 12.6. The van der Waals surface area contributed by atoms with Gasteiger partial charge in [-0.25, -0.2) is 14.4 Å². The molecule has 1 aliphatic rings. The normalized spacial score (nSPS) is 17.2. The largest absolute Gasteiger partial charge is 0.471 e. The van der Waals surface area contributed by atoms with E-state index in [1.165, 1.54) is 22.9 Å². The Hall–Kier alpha value is -3.62. The number of ether oxygens (including phenoxy) is 3. The van der Waals surface area contributed by atoms with Gasteiger partial charge in [0.05, 0.1) is 11.1 Å². The molecule has 0 saturated carbocycles. The lowest BCUT2D eigenvalue weighted by Crippen LogP contribution is -2.28. The number of halogens is 2. The lowest BCUT2D eigenvalue weighted by atomic mass is 10.2. The van der Waals surface area contributed by atoms with Crippen molar-refractivity contribution in [3.05, 3.63) is 104 Å². The third-order valence-electron chi connectivity index (χ3n) is 5.06. The summed E-state index contributed by atoms with van der Waals surface area (Å²) in [5.41, 5.74) is 0.308. The Labute approximate surface area is 204 Å². The van der Waals surface area contributed by atoms with E-state index in [0.29, 0.717) is 21.2 Å². The van der Waals surface area contributed by atoms with E-state index in [1.54, 1.807) is 43.3 Å². The molecule has 8 nitrogen and oxygen atoms in total. The fourth-order valence-electron chi connectivity index (χ4n) is 3.27. The summed E-state index contributed by atoms with van der Waals surface area (Å²) in [6.45, 7) is 5.42. The average Bonchev–Trinajstić information content (AvgIpc) is 3.16. The highest BCUT2D eigenvalue weighted by Crippen LogP contribution is 2.32. The number of carbonyl (C=O) groups excluding carboxylic acids is 2. The lowest BCUT2D eigenvalue weighted by Gasteiger charge is -2.15. The molecule has 4 rings (SSSR count). The van der Waals surface area contributed by atoms with Crippen LogP contribution in [0.5, 0.6) is 5.88 Å². The van der Waals surface area contributed by atoms with Gasteiger partial charge in [0.15, 0.2) is 12.3 Å². The maximum Gasteiger partial charge on any atom is 0.353 e. The third kappa shape index (κ3) is 5.13. The molecule has 2 aromatic carbocycles. The van der Waals surface area contributed by atoms with E-state index >= 15 is 0 Å². The van der Waals surface area contributed by atoms with E-state index < -0.39 is 30.0 Å². The zero-order valence-electron chi connectivity index (χ0n) is 17.9. The van der Waals surface area contributed by atoms with Crippen molar-refractivity contribution in [3.63, 3.8) is 0 Å². The molecule has 1 fully saturated rings. The Balaban J connectivity index is 1.46. The van der Waals surface area contributed by atoms with Crippen molar-refractivity contribution in [1.82, 2.24) is 9.55 Å². The summed E-state index contributed by atoms with van der Waals surface area (Å²) in [5.74, 6) is -1.17. The molecule has 0 amide bonds. The van der Waals surface area contributed by atoms with Crippen LogP contribution in [-0.2, 0) is 9.47 Å². The van der Waals surface area contributed by atoms with Gasteiger partial charge in [-0.3, -0.25) is 4.57 Å². The molecular formula is C24H18Cl2N2O6. The van der Waals surface area contributed by atoms with Crippen molar-refractivity contribution < 1.29 is 23.8 Å². The van der Waals surface area contributed by atoms with Crippen molar-refractivity contribution in [3.8, 4) is 5.88 Å². The zero-order valence-corrected chi connectivity index (χ0v) is 19.4. The van der Waals surface area contributed by atoms with E-state index in [0.717, 1.165) is 0 Å². The SMILES string of the molecule is C=C1O[C@H](n2cc(C)c(OC(=O)c3ccc(Cl)cc3)nc2=O)C[C@@H]1OC(=O)c1ccc(Cl)cc1. The minimum Gasteiger partial charge on any atom is -0.471 e. The summed E-state index contributed by atoms with van der Waals surface area (Å²) in [4.78, 5) is 41.3. The van der Waals surface area contributed by atoms with Crippen molar-refractivity contribution in [2.24, 2.45) is 0 Å². The van der Waals surface area contributed by atoms with E-state index in [-0.39, 0.29) is 23.6 Å². The Kier molecular flexibility index (Phi) is 6.72. The van der Waals surface area contributed by atoms with Gasteiger partial charge < -0.3 is 14.2 Å². The first-order valence-corrected chi connectivity index (χ1v) is 10.9. The van der Waals surface area contributed by atoms with Crippen molar-refractivity contribution in [2.75, 3.05) is 0 Å². The second-order valence-corrected chi connectivity index (χ2v) is 8.36. The highest BCUT2D eigenvalue weighted by atomic mass is 35.5. The molecular weight excluding hydrogens is 483 g/mol.